The molecule has 1 saturated carbocycles. The lowest BCUT2D eigenvalue weighted by atomic mass is 9.64. The van der Waals surface area contributed by atoms with Crippen LogP contribution in [-0.4, -0.2) is 25.4 Å². The molecule has 0 bridgehead atoms. The molecule has 0 amide bonds. The lowest BCUT2D eigenvalue weighted by Crippen LogP contribution is -2.60. The third kappa shape index (κ3) is 3.33. The average molecular weight is 277 g/mol. The summed E-state index contributed by atoms with van der Waals surface area (Å²) in [5.41, 5.74) is 1.49. The van der Waals surface area contributed by atoms with E-state index in [1.54, 1.807) is 0 Å². The highest BCUT2D eigenvalue weighted by Gasteiger charge is 2.48. The van der Waals surface area contributed by atoms with Crippen molar-refractivity contribution in [2.45, 2.75) is 52.8 Å². The van der Waals surface area contributed by atoms with Crippen LogP contribution in [0.15, 0.2) is 24.3 Å². The molecule has 1 aliphatic rings. The molecule has 3 nitrogen and oxygen atoms in total. The zero-order valence-corrected chi connectivity index (χ0v) is 13.1. The van der Waals surface area contributed by atoms with Crippen LogP contribution in [-0.2, 0) is 11.3 Å². The first-order valence-corrected chi connectivity index (χ1v) is 7.64. The first-order valence-electron chi connectivity index (χ1n) is 7.64. The van der Waals surface area contributed by atoms with Crippen LogP contribution in [0.25, 0.3) is 0 Å². The Bertz CT molecular complexity index is 431. The average Bonchev–Trinajstić information content (AvgIpc) is 2.43. The molecule has 2 atom stereocenters. The van der Waals surface area contributed by atoms with E-state index in [-0.39, 0.29) is 5.41 Å². The zero-order valence-electron chi connectivity index (χ0n) is 13.1. The molecule has 0 spiro atoms. The lowest BCUT2D eigenvalue weighted by Gasteiger charge is -2.52. The summed E-state index contributed by atoms with van der Waals surface area (Å²) in [5.74, 6) is 0.951. The van der Waals surface area contributed by atoms with Gasteiger partial charge >= 0.3 is 0 Å². The van der Waals surface area contributed by atoms with Crippen molar-refractivity contribution in [1.82, 2.24) is 5.32 Å². The fourth-order valence-electron chi connectivity index (χ4n) is 2.87. The van der Waals surface area contributed by atoms with Crippen molar-refractivity contribution in [3.05, 3.63) is 29.8 Å². The van der Waals surface area contributed by atoms with Gasteiger partial charge in [0.05, 0.1) is 12.7 Å². The molecule has 1 aromatic rings. The summed E-state index contributed by atoms with van der Waals surface area (Å²) in [6, 6.07) is 8.83. The number of hydrogen-bond donors (Lipinski definition) is 1. The summed E-state index contributed by atoms with van der Waals surface area (Å²) < 4.78 is 11.3. The van der Waals surface area contributed by atoms with E-state index in [9.17, 15) is 0 Å². The van der Waals surface area contributed by atoms with E-state index >= 15 is 0 Å². The Labute approximate surface area is 122 Å². The summed E-state index contributed by atoms with van der Waals surface area (Å²) in [6.45, 7) is 11.0. The second-order valence-corrected chi connectivity index (χ2v) is 6.01. The summed E-state index contributed by atoms with van der Waals surface area (Å²) in [6.07, 6.45) is 1.49. The highest BCUT2D eigenvalue weighted by molar-refractivity contribution is 5.28. The van der Waals surface area contributed by atoms with E-state index in [4.69, 9.17) is 9.47 Å². The minimum absolute atomic E-state index is 0.216. The maximum absolute atomic E-state index is 5.77. The third-order valence-electron chi connectivity index (χ3n) is 4.31. The molecule has 1 aromatic carbocycles. The molecule has 0 radical (unpaired) electrons. The SMILES string of the molecule is CCOc1cccc(CNC2CC(OCC)C2(C)C)c1. The van der Waals surface area contributed by atoms with E-state index in [2.05, 4.69) is 44.3 Å². The van der Waals surface area contributed by atoms with Crippen LogP contribution in [0.4, 0.5) is 0 Å². The predicted molar refractivity (Wildman–Crippen MR) is 82.1 cm³/mol. The molecule has 112 valence electrons. The Kier molecular flexibility index (Phi) is 5.06. The van der Waals surface area contributed by atoms with Crippen molar-refractivity contribution < 1.29 is 9.47 Å². The molecule has 2 rings (SSSR count). The Hall–Kier alpha value is -1.06. The van der Waals surface area contributed by atoms with Crippen LogP contribution in [0.1, 0.15) is 39.7 Å². The maximum atomic E-state index is 5.77. The normalized spacial score (nSPS) is 24.2. The van der Waals surface area contributed by atoms with Gasteiger partial charge in [0, 0.05) is 24.6 Å². The fourth-order valence-corrected chi connectivity index (χ4v) is 2.87. The molecule has 2 unspecified atom stereocenters. The molecule has 0 aromatic heterocycles. The Morgan fingerprint density at radius 2 is 2.05 bits per heavy atom. The number of nitrogens with one attached hydrogen (secondary N) is 1. The summed E-state index contributed by atoms with van der Waals surface area (Å²) >= 11 is 0. The molecular formula is C17H27NO2. The number of rotatable bonds is 7. The van der Waals surface area contributed by atoms with Crippen LogP contribution in [0.2, 0.25) is 0 Å². The summed E-state index contributed by atoms with van der Waals surface area (Å²) in [4.78, 5) is 0. The second-order valence-electron chi connectivity index (χ2n) is 6.01. The minimum atomic E-state index is 0.216. The van der Waals surface area contributed by atoms with Gasteiger partial charge in [-0.15, -0.1) is 0 Å². The Balaban J connectivity index is 1.86. The quantitative estimate of drug-likeness (QED) is 0.829. The van der Waals surface area contributed by atoms with Gasteiger partial charge in [0.25, 0.3) is 0 Å². The zero-order chi connectivity index (χ0) is 14.6. The van der Waals surface area contributed by atoms with Crippen molar-refractivity contribution in [2.75, 3.05) is 13.2 Å². The third-order valence-corrected chi connectivity index (χ3v) is 4.31. The highest BCUT2D eigenvalue weighted by atomic mass is 16.5. The Morgan fingerprint density at radius 1 is 1.25 bits per heavy atom. The monoisotopic (exact) mass is 277 g/mol. The largest absolute Gasteiger partial charge is 0.494 e. The summed E-state index contributed by atoms with van der Waals surface area (Å²) in [5, 5.41) is 3.65. The molecule has 0 heterocycles. The van der Waals surface area contributed by atoms with Crippen LogP contribution < -0.4 is 10.1 Å². The summed E-state index contributed by atoms with van der Waals surface area (Å²) in [7, 11) is 0. The standard InChI is InChI=1S/C17H27NO2/c1-5-19-14-9-7-8-13(10-14)12-18-15-11-16(20-6-2)17(15,3)4/h7-10,15-16,18H,5-6,11-12H2,1-4H3. The van der Waals surface area contributed by atoms with Crippen molar-refractivity contribution in [3.63, 3.8) is 0 Å². The molecule has 1 fully saturated rings. The first-order chi connectivity index (χ1) is 9.57. The van der Waals surface area contributed by atoms with Crippen LogP contribution in [0, 0.1) is 5.41 Å². The lowest BCUT2D eigenvalue weighted by molar-refractivity contribution is -0.114. The fraction of sp³-hybridized carbons (Fsp3) is 0.647. The maximum Gasteiger partial charge on any atom is 0.119 e. The molecule has 3 heteroatoms. The molecule has 20 heavy (non-hydrogen) atoms. The van der Waals surface area contributed by atoms with Crippen molar-refractivity contribution in [3.8, 4) is 5.75 Å². The van der Waals surface area contributed by atoms with Crippen LogP contribution in [0.3, 0.4) is 0 Å². The first kappa shape index (κ1) is 15.3. The van der Waals surface area contributed by atoms with Gasteiger partial charge in [-0.3, -0.25) is 0 Å². The molecular weight excluding hydrogens is 250 g/mol. The van der Waals surface area contributed by atoms with Crippen molar-refractivity contribution in [1.29, 1.82) is 0 Å². The molecule has 1 N–H and O–H groups in total. The topological polar surface area (TPSA) is 30.5 Å². The van der Waals surface area contributed by atoms with E-state index in [1.165, 1.54) is 5.56 Å². The van der Waals surface area contributed by atoms with Gasteiger partial charge in [-0.2, -0.15) is 0 Å². The van der Waals surface area contributed by atoms with Gasteiger partial charge < -0.3 is 14.8 Å². The van der Waals surface area contributed by atoms with Gasteiger partial charge in [-0.25, -0.2) is 0 Å². The van der Waals surface area contributed by atoms with E-state index < -0.39 is 0 Å². The van der Waals surface area contributed by atoms with Gasteiger partial charge in [0.15, 0.2) is 0 Å². The highest BCUT2D eigenvalue weighted by Crippen LogP contribution is 2.42. The van der Waals surface area contributed by atoms with E-state index in [1.807, 2.05) is 13.0 Å². The van der Waals surface area contributed by atoms with Crippen LogP contribution in [0.5, 0.6) is 5.75 Å². The molecule has 0 aliphatic heterocycles. The number of ether oxygens (including phenoxy) is 2. The molecule has 1 aliphatic carbocycles. The Morgan fingerprint density at radius 3 is 2.70 bits per heavy atom. The second kappa shape index (κ2) is 6.59. The number of benzene rings is 1. The van der Waals surface area contributed by atoms with Crippen molar-refractivity contribution in [2.24, 2.45) is 5.41 Å². The van der Waals surface area contributed by atoms with E-state index in [0.29, 0.717) is 18.8 Å². The van der Waals surface area contributed by atoms with Gasteiger partial charge in [0.2, 0.25) is 0 Å². The van der Waals surface area contributed by atoms with Crippen molar-refractivity contribution >= 4 is 0 Å². The predicted octanol–water partition coefficient (Wildman–Crippen LogP) is 3.38. The van der Waals surface area contributed by atoms with Gasteiger partial charge in [-0.05, 0) is 38.0 Å². The smallest absolute Gasteiger partial charge is 0.119 e. The molecule has 0 saturated heterocycles. The van der Waals surface area contributed by atoms with Crippen LogP contribution >= 0.6 is 0 Å². The van der Waals surface area contributed by atoms with E-state index in [0.717, 1.165) is 25.3 Å². The number of hydrogen-bond acceptors (Lipinski definition) is 3. The van der Waals surface area contributed by atoms with Gasteiger partial charge in [-0.1, -0.05) is 26.0 Å². The minimum Gasteiger partial charge on any atom is -0.494 e. The van der Waals surface area contributed by atoms with Gasteiger partial charge in [0.1, 0.15) is 5.75 Å².